The summed E-state index contributed by atoms with van der Waals surface area (Å²) in [6.07, 6.45) is 3.59. The Hall–Kier alpha value is -4.04. The van der Waals surface area contributed by atoms with Gasteiger partial charge in [0.1, 0.15) is 6.61 Å². The highest BCUT2D eigenvalue weighted by molar-refractivity contribution is 5.98. The number of rotatable bonds is 5. The molecule has 2 aromatic carbocycles. The van der Waals surface area contributed by atoms with Crippen molar-refractivity contribution in [2.75, 3.05) is 6.61 Å². The Morgan fingerprint density at radius 3 is 2.26 bits per heavy atom. The average molecular weight is 413 g/mol. The SMILES string of the molecule is CC1=C(C(=O)O)C(C#Cc2ccccc2)C(C(=O)OC/C=C/c2ccccc2)=C(C)N1. The minimum Gasteiger partial charge on any atom is -0.478 e. The molecule has 1 atom stereocenters. The van der Waals surface area contributed by atoms with Gasteiger partial charge in [0, 0.05) is 17.0 Å². The van der Waals surface area contributed by atoms with Crippen LogP contribution in [0.25, 0.3) is 6.08 Å². The molecule has 0 aliphatic carbocycles. The Labute approximate surface area is 181 Å². The molecule has 0 amide bonds. The second-order valence-corrected chi connectivity index (χ2v) is 6.99. The molecule has 31 heavy (non-hydrogen) atoms. The number of ether oxygens (including phenoxy) is 1. The van der Waals surface area contributed by atoms with Crippen LogP contribution >= 0.6 is 0 Å². The van der Waals surface area contributed by atoms with Crippen molar-refractivity contribution in [3.63, 3.8) is 0 Å². The Balaban J connectivity index is 1.84. The summed E-state index contributed by atoms with van der Waals surface area (Å²) in [4.78, 5) is 24.8. The molecule has 1 aliphatic rings. The van der Waals surface area contributed by atoms with E-state index in [0.29, 0.717) is 11.4 Å². The molecule has 3 rings (SSSR count). The first-order chi connectivity index (χ1) is 15.0. The number of carbonyl (C=O) groups is 2. The van der Waals surface area contributed by atoms with Crippen LogP contribution in [-0.4, -0.2) is 23.7 Å². The molecule has 0 saturated carbocycles. The molecule has 5 heteroatoms. The minimum atomic E-state index is -1.13. The van der Waals surface area contributed by atoms with Gasteiger partial charge in [-0.3, -0.25) is 0 Å². The molecule has 1 unspecified atom stereocenters. The molecule has 0 fully saturated rings. The smallest absolute Gasteiger partial charge is 0.337 e. The molecule has 5 nitrogen and oxygen atoms in total. The van der Waals surface area contributed by atoms with Gasteiger partial charge in [-0.25, -0.2) is 9.59 Å². The molecule has 2 N–H and O–H groups in total. The van der Waals surface area contributed by atoms with E-state index in [-0.39, 0.29) is 17.8 Å². The van der Waals surface area contributed by atoms with Crippen molar-refractivity contribution < 1.29 is 19.4 Å². The summed E-state index contributed by atoms with van der Waals surface area (Å²) in [5.74, 6) is 3.33. The molecule has 156 valence electrons. The van der Waals surface area contributed by atoms with Gasteiger partial charge in [-0.15, -0.1) is 0 Å². The standard InChI is InChI=1S/C26H23NO4/c1-18-23(25(28)29)22(16-15-21-12-7-4-8-13-21)24(19(2)27-18)26(30)31-17-9-14-20-10-5-3-6-11-20/h3-14,22,27H,17H2,1-2H3,(H,28,29)/b14-9+. The number of carbonyl (C=O) groups excluding carboxylic acids is 1. The van der Waals surface area contributed by atoms with Crippen LogP contribution in [0.15, 0.2) is 89.3 Å². The highest BCUT2D eigenvalue weighted by atomic mass is 16.5. The fourth-order valence-corrected chi connectivity index (χ4v) is 3.32. The lowest BCUT2D eigenvalue weighted by molar-refractivity contribution is -0.138. The molecular formula is C26H23NO4. The zero-order chi connectivity index (χ0) is 22.2. The maximum absolute atomic E-state index is 12.9. The molecule has 0 aromatic heterocycles. The zero-order valence-electron chi connectivity index (χ0n) is 17.4. The summed E-state index contributed by atoms with van der Waals surface area (Å²) >= 11 is 0. The number of allylic oxidation sites excluding steroid dienone is 2. The number of nitrogens with one attached hydrogen (secondary N) is 1. The van der Waals surface area contributed by atoms with Crippen molar-refractivity contribution in [3.8, 4) is 11.8 Å². The summed E-state index contributed by atoms with van der Waals surface area (Å²) < 4.78 is 5.41. The Morgan fingerprint density at radius 1 is 1.00 bits per heavy atom. The molecule has 1 aliphatic heterocycles. The first-order valence-electron chi connectivity index (χ1n) is 9.84. The molecule has 2 aromatic rings. The van der Waals surface area contributed by atoms with Gasteiger partial charge in [-0.05, 0) is 37.6 Å². The van der Waals surface area contributed by atoms with E-state index in [1.165, 1.54) is 0 Å². The van der Waals surface area contributed by atoms with E-state index in [1.54, 1.807) is 19.9 Å². The van der Waals surface area contributed by atoms with Crippen molar-refractivity contribution in [1.82, 2.24) is 5.32 Å². The summed E-state index contributed by atoms with van der Waals surface area (Å²) in [6, 6.07) is 18.9. The molecule has 0 radical (unpaired) electrons. The van der Waals surface area contributed by atoms with E-state index in [9.17, 15) is 14.7 Å². The lowest BCUT2D eigenvalue weighted by atomic mass is 9.85. The van der Waals surface area contributed by atoms with Gasteiger partial charge in [0.05, 0.1) is 17.1 Å². The number of carboxylic acids is 1. The summed E-state index contributed by atoms with van der Waals surface area (Å²) in [5.41, 5.74) is 2.97. The van der Waals surface area contributed by atoms with Gasteiger partial charge >= 0.3 is 11.9 Å². The number of dihydropyridines is 1. The normalized spacial score (nSPS) is 15.9. The quantitative estimate of drug-likeness (QED) is 0.569. The lowest BCUT2D eigenvalue weighted by Gasteiger charge is -2.26. The fourth-order valence-electron chi connectivity index (χ4n) is 3.32. The highest BCUT2D eigenvalue weighted by Gasteiger charge is 2.35. The van der Waals surface area contributed by atoms with Crippen LogP contribution in [0.3, 0.4) is 0 Å². The predicted octanol–water partition coefficient (Wildman–Crippen LogP) is 4.15. The third-order valence-corrected chi connectivity index (χ3v) is 4.77. The predicted molar refractivity (Wildman–Crippen MR) is 119 cm³/mol. The number of hydrogen-bond acceptors (Lipinski definition) is 4. The molecule has 0 saturated heterocycles. The van der Waals surface area contributed by atoms with Crippen LogP contribution in [0.2, 0.25) is 0 Å². The third-order valence-electron chi connectivity index (χ3n) is 4.77. The van der Waals surface area contributed by atoms with E-state index >= 15 is 0 Å². The number of carboxylic acid groups (broad SMARTS) is 1. The minimum absolute atomic E-state index is 0.0424. The van der Waals surface area contributed by atoms with Gasteiger partial charge in [0.25, 0.3) is 0 Å². The van der Waals surface area contributed by atoms with Crippen molar-refractivity contribution in [2.24, 2.45) is 5.92 Å². The zero-order valence-corrected chi connectivity index (χ0v) is 17.4. The number of hydrogen-bond donors (Lipinski definition) is 2. The Bertz CT molecular complexity index is 1120. The van der Waals surface area contributed by atoms with Gasteiger partial charge < -0.3 is 15.2 Å². The van der Waals surface area contributed by atoms with Crippen LogP contribution in [0.1, 0.15) is 25.0 Å². The Morgan fingerprint density at radius 2 is 1.61 bits per heavy atom. The maximum Gasteiger partial charge on any atom is 0.337 e. The number of esters is 1. The van der Waals surface area contributed by atoms with E-state index in [0.717, 1.165) is 11.1 Å². The second kappa shape index (κ2) is 10.1. The summed E-state index contributed by atoms with van der Waals surface area (Å²) in [7, 11) is 0. The van der Waals surface area contributed by atoms with Crippen LogP contribution in [0, 0.1) is 17.8 Å². The van der Waals surface area contributed by atoms with Crippen LogP contribution in [0.5, 0.6) is 0 Å². The molecular weight excluding hydrogens is 390 g/mol. The van der Waals surface area contributed by atoms with Crippen LogP contribution < -0.4 is 5.32 Å². The van der Waals surface area contributed by atoms with Crippen LogP contribution in [0.4, 0.5) is 0 Å². The number of aliphatic carboxylic acids is 1. The molecule has 0 spiro atoms. The van der Waals surface area contributed by atoms with E-state index in [1.807, 2.05) is 66.7 Å². The van der Waals surface area contributed by atoms with Gasteiger partial charge in [0.15, 0.2) is 0 Å². The van der Waals surface area contributed by atoms with Gasteiger partial charge in [0.2, 0.25) is 0 Å². The summed E-state index contributed by atoms with van der Waals surface area (Å²) in [5, 5.41) is 12.7. The van der Waals surface area contributed by atoms with Crippen molar-refractivity contribution in [3.05, 3.63) is 100 Å². The lowest BCUT2D eigenvalue weighted by Crippen LogP contribution is -2.32. The monoisotopic (exact) mass is 413 g/mol. The van der Waals surface area contributed by atoms with E-state index < -0.39 is 17.9 Å². The van der Waals surface area contributed by atoms with Crippen molar-refractivity contribution >= 4 is 18.0 Å². The van der Waals surface area contributed by atoms with Gasteiger partial charge in [-0.2, -0.15) is 0 Å². The highest BCUT2D eigenvalue weighted by Crippen LogP contribution is 2.30. The third kappa shape index (κ3) is 5.52. The first kappa shape index (κ1) is 21.7. The second-order valence-electron chi connectivity index (χ2n) is 6.99. The molecule has 0 bridgehead atoms. The topological polar surface area (TPSA) is 75.6 Å². The van der Waals surface area contributed by atoms with Gasteiger partial charge in [-0.1, -0.05) is 66.4 Å². The molecule has 1 heterocycles. The Kier molecular flexibility index (Phi) is 7.08. The first-order valence-corrected chi connectivity index (χ1v) is 9.84. The van der Waals surface area contributed by atoms with Crippen LogP contribution in [-0.2, 0) is 14.3 Å². The van der Waals surface area contributed by atoms with Crippen molar-refractivity contribution in [2.45, 2.75) is 13.8 Å². The largest absolute Gasteiger partial charge is 0.478 e. The maximum atomic E-state index is 12.9. The average Bonchev–Trinajstić information content (AvgIpc) is 2.76. The van der Waals surface area contributed by atoms with E-state index in [4.69, 9.17) is 4.74 Å². The van der Waals surface area contributed by atoms with Crippen molar-refractivity contribution in [1.29, 1.82) is 0 Å². The van der Waals surface area contributed by atoms with E-state index in [2.05, 4.69) is 17.2 Å². The fraction of sp³-hybridized carbons (Fsp3) is 0.154. The summed E-state index contributed by atoms with van der Waals surface area (Å²) in [6.45, 7) is 3.44. The number of benzene rings is 2.